The van der Waals surface area contributed by atoms with Crippen LogP contribution in [0.3, 0.4) is 0 Å². The molecule has 0 radical (unpaired) electrons. The number of thioether (sulfide) groups is 1. The van der Waals surface area contributed by atoms with Crippen molar-refractivity contribution < 1.29 is 18.4 Å². The van der Waals surface area contributed by atoms with Crippen LogP contribution in [-0.2, 0) is 10.7 Å². The van der Waals surface area contributed by atoms with Gasteiger partial charge in [-0.1, -0.05) is 6.07 Å². The molecule has 2 heterocycles. The average Bonchev–Trinajstić information content (AvgIpc) is 3.04. The molecule has 0 spiro atoms. The van der Waals surface area contributed by atoms with Crippen LogP contribution in [-0.4, -0.2) is 30.3 Å². The van der Waals surface area contributed by atoms with Crippen molar-refractivity contribution in [1.82, 2.24) is 5.32 Å². The first kappa shape index (κ1) is 16.9. The van der Waals surface area contributed by atoms with Crippen molar-refractivity contribution in [3.8, 4) is 0 Å². The molecule has 1 aromatic carbocycles. The van der Waals surface area contributed by atoms with Gasteiger partial charge in [0.2, 0.25) is 0 Å². The van der Waals surface area contributed by atoms with Crippen LogP contribution in [0, 0.1) is 0 Å². The van der Waals surface area contributed by atoms with Crippen molar-refractivity contribution in [2.45, 2.75) is 25.3 Å². The van der Waals surface area contributed by atoms with Gasteiger partial charge in [-0.15, -0.1) is 0 Å². The molecule has 2 saturated heterocycles. The molecule has 1 aromatic rings. The Balaban J connectivity index is 2.04. The normalized spacial score (nSPS) is 23.2. The number of carbonyl (C=O) groups is 2. The molecule has 0 saturated carbocycles. The summed E-state index contributed by atoms with van der Waals surface area (Å²) in [6, 6.07) is 4.40. The molecule has 8 heteroatoms. The number of amides is 2. The highest BCUT2D eigenvalue weighted by Crippen LogP contribution is 2.35. The van der Waals surface area contributed by atoms with Crippen LogP contribution in [0.15, 0.2) is 23.1 Å². The monoisotopic (exact) mass is 353 g/mol. The van der Waals surface area contributed by atoms with Crippen molar-refractivity contribution in [2.24, 2.45) is 5.73 Å². The van der Waals surface area contributed by atoms with Gasteiger partial charge in [0, 0.05) is 37.3 Å². The number of carbonyl (C=O) groups excluding carboxylic acids is 2. The summed E-state index contributed by atoms with van der Waals surface area (Å²) >= 11 is 0.764. The van der Waals surface area contributed by atoms with Gasteiger partial charge in [-0.3, -0.25) is 14.9 Å². The van der Waals surface area contributed by atoms with Crippen molar-refractivity contribution in [3.05, 3.63) is 34.2 Å². The lowest BCUT2D eigenvalue weighted by molar-refractivity contribution is -0.115. The van der Waals surface area contributed by atoms with Gasteiger partial charge < -0.3 is 10.6 Å². The predicted octanol–water partition coefficient (Wildman–Crippen LogP) is 2.66. The molecule has 0 bridgehead atoms. The predicted molar refractivity (Wildman–Crippen MR) is 89.9 cm³/mol. The quantitative estimate of drug-likeness (QED) is 0.817. The molecule has 5 nitrogen and oxygen atoms in total. The first-order chi connectivity index (χ1) is 11.2. The maximum Gasteiger partial charge on any atom is 0.290 e. The Hall–Kier alpha value is -1.93. The number of benzene rings is 1. The molecule has 2 amide bonds. The molecule has 1 atom stereocenters. The molecule has 2 aliphatic rings. The summed E-state index contributed by atoms with van der Waals surface area (Å²) in [5.41, 5.74) is 7.00. The van der Waals surface area contributed by atoms with Crippen molar-refractivity contribution in [1.29, 1.82) is 0 Å². The molecule has 24 heavy (non-hydrogen) atoms. The Morgan fingerprint density at radius 1 is 1.42 bits per heavy atom. The van der Waals surface area contributed by atoms with Gasteiger partial charge in [-0.2, -0.15) is 0 Å². The third-order valence-corrected chi connectivity index (χ3v) is 4.84. The first-order valence-electron chi connectivity index (χ1n) is 7.52. The van der Waals surface area contributed by atoms with Crippen LogP contribution in [0.1, 0.15) is 24.5 Å². The molecule has 0 unspecified atom stereocenters. The van der Waals surface area contributed by atoms with Crippen LogP contribution in [0.4, 0.5) is 19.3 Å². The highest BCUT2D eigenvalue weighted by atomic mass is 32.2. The number of hydrogen-bond donors (Lipinski definition) is 2. The van der Waals surface area contributed by atoms with E-state index >= 15 is 0 Å². The topological polar surface area (TPSA) is 75.4 Å². The second-order valence-electron chi connectivity index (χ2n) is 6.01. The summed E-state index contributed by atoms with van der Waals surface area (Å²) in [4.78, 5) is 25.3. The molecule has 128 valence electrons. The van der Waals surface area contributed by atoms with E-state index in [2.05, 4.69) is 5.32 Å². The van der Waals surface area contributed by atoms with Gasteiger partial charge in [0.15, 0.2) is 0 Å². The number of rotatable bonds is 3. The molecule has 2 aliphatic heterocycles. The highest BCUT2D eigenvalue weighted by molar-refractivity contribution is 8.18. The second kappa shape index (κ2) is 6.18. The van der Waals surface area contributed by atoms with Crippen LogP contribution in [0.2, 0.25) is 0 Å². The van der Waals surface area contributed by atoms with E-state index in [1.54, 1.807) is 6.07 Å². The van der Waals surface area contributed by atoms with Crippen molar-refractivity contribution in [3.63, 3.8) is 0 Å². The second-order valence-corrected chi connectivity index (χ2v) is 7.02. The minimum atomic E-state index is -2.99. The number of imide groups is 1. The van der Waals surface area contributed by atoms with Crippen molar-refractivity contribution >= 4 is 34.7 Å². The van der Waals surface area contributed by atoms with E-state index in [9.17, 15) is 18.4 Å². The molecular formula is C16H17F2N3O2S. The Kier molecular flexibility index (Phi) is 4.35. The number of nitrogens with zero attached hydrogens (tertiary/aromatic N) is 1. The van der Waals surface area contributed by atoms with Gasteiger partial charge in [0.25, 0.3) is 17.1 Å². The summed E-state index contributed by atoms with van der Waals surface area (Å²) < 4.78 is 27.3. The van der Waals surface area contributed by atoms with Crippen LogP contribution in [0.25, 0.3) is 6.08 Å². The molecule has 3 N–H and O–H groups in total. The summed E-state index contributed by atoms with van der Waals surface area (Å²) in [5, 5.41) is 1.70. The minimum absolute atomic E-state index is 0.0310. The zero-order chi connectivity index (χ0) is 17.5. The molecule has 0 aliphatic carbocycles. The van der Waals surface area contributed by atoms with E-state index in [1.807, 2.05) is 4.90 Å². The summed E-state index contributed by atoms with van der Waals surface area (Å²) in [5.74, 6) is -3.50. The minimum Gasteiger partial charge on any atom is -0.369 e. The third kappa shape index (κ3) is 3.44. The summed E-state index contributed by atoms with van der Waals surface area (Å²) in [6.45, 7) is 2.17. The van der Waals surface area contributed by atoms with Crippen LogP contribution < -0.4 is 16.0 Å². The fourth-order valence-electron chi connectivity index (χ4n) is 2.80. The van der Waals surface area contributed by atoms with E-state index in [4.69, 9.17) is 5.73 Å². The first-order valence-corrected chi connectivity index (χ1v) is 8.33. The maximum absolute atomic E-state index is 13.7. The van der Waals surface area contributed by atoms with E-state index in [0.717, 1.165) is 37.3 Å². The lowest BCUT2D eigenvalue weighted by Crippen LogP contribution is -2.27. The third-order valence-electron chi connectivity index (χ3n) is 4.03. The molecular weight excluding hydrogens is 336 g/mol. The Labute approximate surface area is 142 Å². The number of anilines is 1. The lowest BCUT2D eigenvalue weighted by Gasteiger charge is -2.22. The Morgan fingerprint density at radius 2 is 2.17 bits per heavy atom. The maximum atomic E-state index is 13.7. The number of hydrogen-bond acceptors (Lipinski definition) is 5. The zero-order valence-corrected chi connectivity index (χ0v) is 13.8. The largest absolute Gasteiger partial charge is 0.369 e. The lowest BCUT2D eigenvalue weighted by atomic mass is 10.0. The van der Waals surface area contributed by atoms with E-state index in [1.165, 1.54) is 18.2 Å². The van der Waals surface area contributed by atoms with E-state index in [-0.39, 0.29) is 16.5 Å². The Morgan fingerprint density at radius 3 is 2.71 bits per heavy atom. The number of halogens is 2. The molecule has 0 aromatic heterocycles. The van der Waals surface area contributed by atoms with Crippen LogP contribution in [0.5, 0.6) is 0 Å². The summed E-state index contributed by atoms with van der Waals surface area (Å²) in [7, 11) is 0. The molecule has 2 fully saturated rings. The van der Waals surface area contributed by atoms with Crippen LogP contribution >= 0.6 is 11.8 Å². The van der Waals surface area contributed by atoms with E-state index in [0.29, 0.717) is 12.1 Å². The average molecular weight is 353 g/mol. The SMILES string of the molecule is CC(F)(F)c1ccc(N2CC[C@H](N)C2)c(/C=C2\SC(=O)NC2=O)c1. The van der Waals surface area contributed by atoms with Gasteiger partial charge in [-0.05, 0) is 42.0 Å². The fraction of sp³-hybridized carbons (Fsp3) is 0.375. The van der Waals surface area contributed by atoms with Gasteiger partial charge in [-0.25, -0.2) is 8.78 Å². The van der Waals surface area contributed by atoms with Gasteiger partial charge >= 0.3 is 0 Å². The fourth-order valence-corrected chi connectivity index (χ4v) is 3.47. The standard InChI is InChI=1S/C16H17F2N3O2S/c1-16(17,18)10-2-3-12(21-5-4-11(19)8-21)9(6-10)7-13-14(22)20-15(23)24-13/h2-3,6-7,11H,4-5,8,19H2,1H3,(H,20,22,23)/b13-7-/t11-/m0/s1. The van der Waals surface area contributed by atoms with Gasteiger partial charge in [0.05, 0.1) is 4.91 Å². The highest BCUT2D eigenvalue weighted by Gasteiger charge is 2.29. The number of alkyl halides is 2. The van der Waals surface area contributed by atoms with Gasteiger partial charge in [0.1, 0.15) is 0 Å². The molecule has 3 rings (SSSR count). The number of nitrogens with two attached hydrogens (primary N) is 1. The van der Waals surface area contributed by atoms with E-state index < -0.39 is 17.1 Å². The van der Waals surface area contributed by atoms with Crippen molar-refractivity contribution in [2.75, 3.05) is 18.0 Å². The Bertz CT molecular complexity index is 731. The zero-order valence-electron chi connectivity index (χ0n) is 13.0. The number of nitrogens with one attached hydrogen (secondary N) is 1. The summed E-state index contributed by atoms with van der Waals surface area (Å²) in [6.07, 6.45) is 2.30. The smallest absolute Gasteiger partial charge is 0.290 e.